The van der Waals surface area contributed by atoms with Gasteiger partial charge >= 0.3 is 0 Å². The van der Waals surface area contributed by atoms with E-state index < -0.39 is 0 Å². The highest BCUT2D eigenvalue weighted by Crippen LogP contribution is 2.38. The topological polar surface area (TPSA) is 50.8 Å². The molecule has 2 atom stereocenters. The first-order valence-electron chi connectivity index (χ1n) is 10.1. The lowest BCUT2D eigenvalue weighted by atomic mass is 9.96. The zero-order chi connectivity index (χ0) is 20.4. The highest BCUT2D eigenvalue weighted by atomic mass is 19.1. The normalized spacial score (nSPS) is 23.6. The van der Waals surface area contributed by atoms with Gasteiger partial charge in [-0.05, 0) is 62.1 Å². The molecule has 0 aromatic heterocycles. The van der Waals surface area contributed by atoms with Gasteiger partial charge in [-0.25, -0.2) is 4.39 Å². The summed E-state index contributed by atoms with van der Waals surface area (Å²) in [6.07, 6.45) is 4.07. The van der Waals surface area contributed by atoms with E-state index >= 15 is 0 Å². The van der Waals surface area contributed by atoms with Crippen molar-refractivity contribution >= 4 is 5.91 Å². The Morgan fingerprint density at radius 2 is 1.86 bits per heavy atom. The lowest BCUT2D eigenvalue weighted by molar-refractivity contribution is 0.0825. The molecule has 2 aromatic carbocycles. The van der Waals surface area contributed by atoms with Crippen LogP contribution in [0.5, 0.6) is 11.5 Å². The van der Waals surface area contributed by atoms with Crippen LogP contribution in [0, 0.1) is 5.82 Å². The van der Waals surface area contributed by atoms with Crippen LogP contribution in [0.4, 0.5) is 4.39 Å². The fraction of sp³-hybridized carbons (Fsp3) is 0.435. The molecule has 6 heteroatoms. The maximum absolute atomic E-state index is 13.4. The standard InChI is InChI=1S/C23H27FN2O3/c1-28-21-8-9-22(29-2)16(11-21)14-26-19-6-7-20(26)13-18(12-19)25-23(27)15-4-3-5-17(24)10-15/h3-5,8-11,18-20H,6-7,12-14H2,1-2H3,(H,25,27). The van der Waals surface area contributed by atoms with Crippen LogP contribution in [-0.2, 0) is 6.54 Å². The molecule has 2 aliphatic heterocycles. The van der Waals surface area contributed by atoms with Gasteiger partial charge < -0.3 is 14.8 Å². The molecule has 1 amide bonds. The van der Waals surface area contributed by atoms with Crippen molar-refractivity contribution in [1.29, 1.82) is 0 Å². The number of hydrogen-bond donors (Lipinski definition) is 1. The summed E-state index contributed by atoms with van der Waals surface area (Å²) >= 11 is 0. The summed E-state index contributed by atoms with van der Waals surface area (Å²) in [7, 11) is 3.36. The zero-order valence-corrected chi connectivity index (χ0v) is 16.9. The summed E-state index contributed by atoms with van der Waals surface area (Å²) in [5.74, 6) is 1.11. The molecular formula is C23H27FN2O3. The number of carbonyl (C=O) groups excluding carboxylic acids is 1. The van der Waals surface area contributed by atoms with Crippen molar-refractivity contribution in [3.63, 3.8) is 0 Å². The summed E-state index contributed by atoms with van der Waals surface area (Å²) in [5.41, 5.74) is 1.49. The largest absolute Gasteiger partial charge is 0.497 e. The summed E-state index contributed by atoms with van der Waals surface area (Å²) < 4.78 is 24.3. The van der Waals surface area contributed by atoms with Gasteiger partial charge in [0.05, 0.1) is 14.2 Å². The second-order valence-corrected chi connectivity index (χ2v) is 7.89. The number of rotatable bonds is 6. The van der Waals surface area contributed by atoms with Gasteiger partial charge in [0.1, 0.15) is 17.3 Å². The molecule has 0 radical (unpaired) electrons. The zero-order valence-electron chi connectivity index (χ0n) is 16.9. The number of ether oxygens (including phenoxy) is 2. The molecule has 1 N–H and O–H groups in total. The number of halogens is 1. The molecule has 2 bridgehead atoms. The molecule has 4 rings (SSSR count). The Kier molecular flexibility index (Phi) is 5.72. The van der Waals surface area contributed by atoms with Crippen molar-refractivity contribution in [2.24, 2.45) is 0 Å². The Morgan fingerprint density at radius 1 is 1.10 bits per heavy atom. The van der Waals surface area contributed by atoms with Gasteiger partial charge in [-0.1, -0.05) is 6.07 Å². The molecule has 5 nitrogen and oxygen atoms in total. The number of nitrogens with zero attached hydrogens (tertiary/aromatic N) is 1. The van der Waals surface area contributed by atoms with Gasteiger partial charge in [0, 0.05) is 35.8 Å². The number of methoxy groups -OCH3 is 2. The number of piperidine rings is 1. The maximum atomic E-state index is 13.4. The lowest BCUT2D eigenvalue weighted by Gasteiger charge is -2.39. The number of nitrogens with one attached hydrogen (secondary N) is 1. The molecule has 2 aromatic rings. The highest BCUT2D eigenvalue weighted by Gasteiger charge is 2.41. The smallest absolute Gasteiger partial charge is 0.251 e. The van der Waals surface area contributed by atoms with E-state index in [2.05, 4.69) is 10.2 Å². The molecule has 0 spiro atoms. The average molecular weight is 398 g/mol. The van der Waals surface area contributed by atoms with Gasteiger partial charge in [-0.2, -0.15) is 0 Å². The predicted octanol–water partition coefficient (Wildman–Crippen LogP) is 3.77. The van der Waals surface area contributed by atoms with E-state index in [-0.39, 0.29) is 17.8 Å². The number of fused-ring (bicyclic) bond motifs is 2. The van der Waals surface area contributed by atoms with Crippen LogP contribution < -0.4 is 14.8 Å². The van der Waals surface area contributed by atoms with Crippen LogP contribution in [0.1, 0.15) is 41.6 Å². The summed E-state index contributed by atoms with van der Waals surface area (Å²) in [6.45, 7) is 0.806. The lowest BCUT2D eigenvalue weighted by Crippen LogP contribution is -2.50. The van der Waals surface area contributed by atoms with Gasteiger partial charge in [0.2, 0.25) is 0 Å². The van der Waals surface area contributed by atoms with Crippen molar-refractivity contribution in [3.8, 4) is 11.5 Å². The Hall–Kier alpha value is -2.60. The maximum Gasteiger partial charge on any atom is 0.251 e. The molecule has 2 heterocycles. The number of benzene rings is 2. The van der Waals surface area contributed by atoms with E-state index in [4.69, 9.17) is 9.47 Å². The van der Waals surface area contributed by atoms with E-state index in [1.165, 1.54) is 12.1 Å². The van der Waals surface area contributed by atoms with Crippen LogP contribution in [0.3, 0.4) is 0 Å². The second kappa shape index (κ2) is 8.41. The minimum absolute atomic E-state index is 0.117. The van der Waals surface area contributed by atoms with Gasteiger partial charge in [0.15, 0.2) is 0 Å². The minimum atomic E-state index is -0.389. The van der Waals surface area contributed by atoms with Crippen molar-refractivity contribution in [2.45, 2.75) is 50.4 Å². The average Bonchev–Trinajstić information content (AvgIpc) is 2.95. The molecule has 0 saturated carbocycles. The molecule has 29 heavy (non-hydrogen) atoms. The SMILES string of the molecule is COc1ccc(OC)c(CN2C3CCC2CC(NC(=O)c2cccc(F)c2)C3)c1. The molecule has 2 saturated heterocycles. The van der Waals surface area contributed by atoms with Crippen LogP contribution in [0.25, 0.3) is 0 Å². The Bertz CT molecular complexity index is 874. The van der Waals surface area contributed by atoms with E-state index in [0.29, 0.717) is 17.6 Å². The number of hydrogen-bond acceptors (Lipinski definition) is 4. The highest BCUT2D eigenvalue weighted by molar-refractivity contribution is 5.94. The van der Waals surface area contributed by atoms with E-state index in [1.807, 2.05) is 18.2 Å². The Morgan fingerprint density at radius 3 is 2.52 bits per heavy atom. The monoisotopic (exact) mass is 398 g/mol. The molecule has 2 fully saturated rings. The van der Waals surface area contributed by atoms with Crippen molar-refractivity contribution in [3.05, 3.63) is 59.4 Å². The van der Waals surface area contributed by atoms with Crippen molar-refractivity contribution < 1.29 is 18.7 Å². The van der Waals surface area contributed by atoms with Gasteiger partial charge in [-0.3, -0.25) is 9.69 Å². The first-order valence-corrected chi connectivity index (χ1v) is 10.1. The predicted molar refractivity (Wildman–Crippen MR) is 109 cm³/mol. The molecule has 154 valence electrons. The second-order valence-electron chi connectivity index (χ2n) is 7.89. The van der Waals surface area contributed by atoms with E-state index in [0.717, 1.165) is 49.3 Å². The minimum Gasteiger partial charge on any atom is -0.497 e. The third-order valence-electron chi connectivity index (χ3n) is 6.15. The molecule has 0 aliphatic carbocycles. The third kappa shape index (κ3) is 4.22. The fourth-order valence-electron chi connectivity index (χ4n) is 4.75. The van der Waals surface area contributed by atoms with E-state index in [1.54, 1.807) is 26.4 Å². The van der Waals surface area contributed by atoms with Crippen LogP contribution in [0.2, 0.25) is 0 Å². The van der Waals surface area contributed by atoms with Gasteiger partial charge in [-0.15, -0.1) is 0 Å². The van der Waals surface area contributed by atoms with Crippen LogP contribution >= 0.6 is 0 Å². The van der Waals surface area contributed by atoms with Crippen LogP contribution in [0.15, 0.2) is 42.5 Å². The summed E-state index contributed by atoms with van der Waals surface area (Å²) in [5, 5.41) is 3.11. The Balaban J connectivity index is 1.43. The summed E-state index contributed by atoms with van der Waals surface area (Å²) in [4.78, 5) is 15.0. The van der Waals surface area contributed by atoms with Gasteiger partial charge in [0.25, 0.3) is 5.91 Å². The molecule has 2 aliphatic rings. The van der Waals surface area contributed by atoms with Crippen molar-refractivity contribution in [2.75, 3.05) is 14.2 Å². The quantitative estimate of drug-likeness (QED) is 0.805. The van der Waals surface area contributed by atoms with E-state index in [9.17, 15) is 9.18 Å². The Labute approximate surface area is 170 Å². The first kappa shape index (κ1) is 19.7. The first-order chi connectivity index (χ1) is 14.1. The third-order valence-corrected chi connectivity index (χ3v) is 6.15. The van der Waals surface area contributed by atoms with Crippen LogP contribution in [-0.4, -0.2) is 43.2 Å². The summed E-state index contributed by atoms with van der Waals surface area (Å²) in [6, 6.07) is 12.7. The van der Waals surface area contributed by atoms with Crippen molar-refractivity contribution in [1.82, 2.24) is 10.2 Å². The number of amides is 1. The number of carbonyl (C=O) groups is 1. The fourth-order valence-corrected chi connectivity index (χ4v) is 4.75. The molecular weight excluding hydrogens is 371 g/mol. The molecule has 2 unspecified atom stereocenters.